The Morgan fingerprint density at radius 2 is 1.75 bits per heavy atom. The molecular weight excluding hydrogens is 308 g/mol. The molecule has 7 nitrogen and oxygen atoms in total. The molecule has 0 spiro atoms. The molecule has 0 bridgehead atoms. The van der Waals surface area contributed by atoms with Gasteiger partial charge in [-0.3, -0.25) is 14.4 Å². The van der Waals surface area contributed by atoms with E-state index in [1.807, 2.05) is 12.1 Å². The zero-order valence-electron chi connectivity index (χ0n) is 14.1. The summed E-state index contributed by atoms with van der Waals surface area (Å²) >= 11 is 0. The Hall–Kier alpha value is -2.57. The Kier molecular flexibility index (Phi) is 6.17. The summed E-state index contributed by atoms with van der Waals surface area (Å²) in [6.07, 6.45) is 1.02. The van der Waals surface area contributed by atoms with E-state index in [-0.39, 0.29) is 30.8 Å². The van der Waals surface area contributed by atoms with Gasteiger partial charge in [0.1, 0.15) is 0 Å². The van der Waals surface area contributed by atoms with Crippen LogP contribution in [-0.2, 0) is 20.8 Å². The average Bonchev–Trinajstić information content (AvgIpc) is 2.87. The minimum absolute atomic E-state index is 0.0927. The molecule has 0 fully saturated rings. The minimum atomic E-state index is -0.387. The van der Waals surface area contributed by atoms with E-state index in [1.54, 1.807) is 0 Å². The molecule has 7 heteroatoms. The molecule has 1 aromatic carbocycles. The Morgan fingerprint density at radius 1 is 1.08 bits per heavy atom. The molecule has 1 heterocycles. The lowest BCUT2D eigenvalue weighted by atomic mass is 10.1. The van der Waals surface area contributed by atoms with Gasteiger partial charge in [0.2, 0.25) is 17.7 Å². The fourth-order valence-corrected chi connectivity index (χ4v) is 2.79. The number of hydrogen-bond donors (Lipinski definition) is 3. The van der Waals surface area contributed by atoms with Gasteiger partial charge in [-0.25, -0.2) is 0 Å². The van der Waals surface area contributed by atoms with Gasteiger partial charge in [0.25, 0.3) is 0 Å². The molecule has 3 amide bonds. The van der Waals surface area contributed by atoms with E-state index in [0.29, 0.717) is 12.6 Å². The topological polar surface area (TPSA) is 90.5 Å². The first kappa shape index (κ1) is 17.8. The molecule has 2 rings (SSSR count). The summed E-state index contributed by atoms with van der Waals surface area (Å²) in [7, 11) is 0. The summed E-state index contributed by atoms with van der Waals surface area (Å²) in [5.41, 5.74) is 2.56. The highest BCUT2D eigenvalue weighted by Gasteiger charge is 2.24. The Bertz CT molecular complexity index is 618. The number of carbonyl (C=O) groups excluding carboxylic acids is 3. The van der Waals surface area contributed by atoms with Crippen LogP contribution in [0.3, 0.4) is 0 Å². The van der Waals surface area contributed by atoms with Crippen molar-refractivity contribution in [3.63, 3.8) is 0 Å². The molecule has 0 saturated heterocycles. The third-order valence-electron chi connectivity index (χ3n) is 3.97. The summed E-state index contributed by atoms with van der Waals surface area (Å²) in [4.78, 5) is 36.1. The number of rotatable bonds is 7. The lowest BCUT2D eigenvalue weighted by Crippen LogP contribution is -2.43. The van der Waals surface area contributed by atoms with Crippen LogP contribution in [-0.4, -0.2) is 49.9 Å². The second kappa shape index (κ2) is 8.33. The maximum absolute atomic E-state index is 11.8. The van der Waals surface area contributed by atoms with Crippen LogP contribution in [0.2, 0.25) is 0 Å². The zero-order chi connectivity index (χ0) is 17.5. The van der Waals surface area contributed by atoms with Gasteiger partial charge in [-0.05, 0) is 25.0 Å². The van der Waals surface area contributed by atoms with E-state index < -0.39 is 0 Å². The van der Waals surface area contributed by atoms with Crippen molar-refractivity contribution in [2.24, 2.45) is 0 Å². The van der Waals surface area contributed by atoms with Gasteiger partial charge >= 0.3 is 0 Å². The maximum Gasteiger partial charge on any atom is 0.239 e. The highest BCUT2D eigenvalue weighted by atomic mass is 16.2. The third-order valence-corrected chi connectivity index (χ3v) is 3.97. The Morgan fingerprint density at radius 3 is 2.50 bits per heavy atom. The van der Waals surface area contributed by atoms with Crippen LogP contribution in [0.1, 0.15) is 19.4 Å². The van der Waals surface area contributed by atoms with E-state index in [4.69, 9.17) is 0 Å². The van der Waals surface area contributed by atoms with Crippen LogP contribution in [0.25, 0.3) is 0 Å². The maximum atomic E-state index is 11.8. The SMILES string of the molecule is CC(=O)NCC(=O)NCC(=O)NCCN1c2ccccc2CC1C. The smallest absolute Gasteiger partial charge is 0.239 e. The van der Waals surface area contributed by atoms with Crippen molar-refractivity contribution in [3.8, 4) is 0 Å². The van der Waals surface area contributed by atoms with Crippen molar-refractivity contribution in [1.82, 2.24) is 16.0 Å². The second-order valence-corrected chi connectivity index (χ2v) is 5.91. The molecule has 130 valence electrons. The number of anilines is 1. The van der Waals surface area contributed by atoms with Crippen LogP contribution in [0.4, 0.5) is 5.69 Å². The van der Waals surface area contributed by atoms with Crippen molar-refractivity contribution in [2.75, 3.05) is 31.1 Å². The van der Waals surface area contributed by atoms with E-state index in [2.05, 4.69) is 39.9 Å². The predicted octanol–water partition coefficient (Wildman–Crippen LogP) is -0.194. The van der Waals surface area contributed by atoms with Crippen LogP contribution in [0.5, 0.6) is 0 Å². The highest BCUT2D eigenvalue weighted by Crippen LogP contribution is 2.30. The second-order valence-electron chi connectivity index (χ2n) is 5.91. The van der Waals surface area contributed by atoms with Gasteiger partial charge in [0.15, 0.2) is 0 Å². The molecule has 1 unspecified atom stereocenters. The normalized spacial score (nSPS) is 15.6. The summed E-state index contributed by atoms with van der Waals surface area (Å²) in [6.45, 7) is 4.53. The molecule has 3 N–H and O–H groups in total. The summed E-state index contributed by atoms with van der Waals surface area (Å²) in [6, 6.07) is 8.71. The van der Waals surface area contributed by atoms with Crippen molar-refractivity contribution in [3.05, 3.63) is 29.8 Å². The monoisotopic (exact) mass is 332 g/mol. The molecule has 1 aromatic rings. The number of amides is 3. The summed E-state index contributed by atoms with van der Waals surface area (Å²) in [5, 5.41) is 7.63. The fourth-order valence-electron chi connectivity index (χ4n) is 2.79. The van der Waals surface area contributed by atoms with Crippen molar-refractivity contribution in [2.45, 2.75) is 26.3 Å². The molecular formula is C17H24N4O3. The van der Waals surface area contributed by atoms with Crippen molar-refractivity contribution >= 4 is 23.4 Å². The first-order chi connectivity index (χ1) is 11.5. The Balaban J connectivity index is 1.68. The Labute approximate surface area is 141 Å². The van der Waals surface area contributed by atoms with Gasteiger partial charge < -0.3 is 20.9 Å². The molecule has 0 aromatic heterocycles. The zero-order valence-corrected chi connectivity index (χ0v) is 14.1. The first-order valence-electron chi connectivity index (χ1n) is 8.09. The van der Waals surface area contributed by atoms with Crippen LogP contribution in [0.15, 0.2) is 24.3 Å². The molecule has 24 heavy (non-hydrogen) atoms. The fraction of sp³-hybridized carbons (Fsp3) is 0.471. The third kappa shape index (κ3) is 4.97. The van der Waals surface area contributed by atoms with Crippen molar-refractivity contribution < 1.29 is 14.4 Å². The average molecular weight is 332 g/mol. The molecule has 0 radical (unpaired) electrons. The quantitative estimate of drug-likeness (QED) is 0.645. The minimum Gasteiger partial charge on any atom is -0.367 e. The number of nitrogens with one attached hydrogen (secondary N) is 3. The predicted molar refractivity (Wildman–Crippen MR) is 91.7 cm³/mol. The van der Waals surface area contributed by atoms with Crippen molar-refractivity contribution in [1.29, 1.82) is 0 Å². The number of fused-ring (bicyclic) bond motifs is 1. The van der Waals surface area contributed by atoms with Gasteiger partial charge in [-0.15, -0.1) is 0 Å². The first-order valence-corrected chi connectivity index (χ1v) is 8.09. The largest absolute Gasteiger partial charge is 0.367 e. The van der Waals surface area contributed by atoms with Gasteiger partial charge in [-0.1, -0.05) is 18.2 Å². The van der Waals surface area contributed by atoms with Crippen LogP contribution >= 0.6 is 0 Å². The van der Waals surface area contributed by atoms with Gasteiger partial charge in [0, 0.05) is 31.7 Å². The van der Waals surface area contributed by atoms with Gasteiger partial charge in [-0.2, -0.15) is 0 Å². The van der Waals surface area contributed by atoms with E-state index in [1.165, 1.54) is 18.2 Å². The standard InChI is InChI=1S/C17H24N4O3/c1-12-9-14-5-3-4-6-15(14)21(12)8-7-18-16(23)11-20-17(24)10-19-13(2)22/h3-6,12H,7-11H2,1-2H3,(H,18,23)(H,19,22)(H,20,24). The number of para-hydroxylation sites is 1. The van der Waals surface area contributed by atoms with E-state index in [0.717, 1.165) is 13.0 Å². The number of hydrogen-bond acceptors (Lipinski definition) is 4. The summed E-state index contributed by atoms with van der Waals surface area (Å²) < 4.78 is 0. The van der Waals surface area contributed by atoms with E-state index in [9.17, 15) is 14.4 Å². The number of benzene rings is 1. The lowest BCUT2D eigenvalue weighted by molar-refractivity contribution is -0.127. The molecule has 0 saturated carbocycles. The highest BCUT2D eigenvalue weighted by molar-refractivity contribution is 5.87. The molecule has 1 aliphatic heterocycles. The molecule has 0 aliphatic carbocycles. The van der Waals surface area contributed by atoms with Gasteiger partial charge in [0.05, 0.1) is 13.1 Å². The molecule has 1 aliphatic rings. The van der Waals surface area contributed by atoms with E-state index >= 15 is 0 Å². The van der Waals surface area contributed by atoms with Crippen LogP contribution in [0, 0.1) is 0 Å². The number of carbonyl (C=O) groups is 3. The summed E-state index contributed by atoms with van der Waals surface area (Å²) in [5.74, 6) is -0.914. The van der Waals surface area contributed by atoms with Crippen LogP contribution < -0.4 is 20.9 Å². The number of nitrogens with zero attached hydrogens (tertiary/aromatic N) is 1. The molecule has 1 atom stereocenters. The lowest BCUT2D eigenvalue weighted by Gasteiger charge is -2.25.